The first-order valence-corrected chi connectivity index (χ1v) is 6.27. The molecule has 3 nitrogen and oxygen atoms in total. The second kappa shape index (κ2) is 5.63. The highest BCUT2D eigenvalue weighted by atomic mass is 16.5. The van der Waals surface area contributed by atoms with Gasteiger partial charge in [0.1, 0.15) is 5.60 Å². The third-order valence-corrected chi connectivity index (χ3v) is 3.37. The Morgan fingerprint density at radius 3 is 2.82 bits per heavy atom. The van der Waals surface area contributed by atoms with Crippen LogP contribution in [0.1, 0.15) is 18.9 Å². The molecule has 17 heavy (non-hydrogen) atoms. The van der Waals surface area contributed by atoms with Crippen LogP contribution in [0.3, 0.4) is 0 Å². The van der Waals surface area contributed by atoms with E-state index in [9.17, 15) is 0 Å². The first-order valence-electron chi connectivity index (χ1n) is 6.27. The predicted molar refractivity (Wildman–Crippen MR) is 67.9 cm³/mol. The molecule has 1 aromatic rings. The molecule has 1 atom stereocenters. The lowest BCUT2D eigenvalue weighted by molar-refractivity contribution is -0.103. The summed E-state index contributed by atoms with van der Waals surface area (Å²) >= 11 is 0. The smallest absolute Gasteiger partial charge is 0.103 e. The maximum absolute atomic E-state index is 8.89. The zero-order valence-electron chi connectivity index (χ0n) is 10.4. The van der Waals surface area contributed by atoms with Crippen LogP contribution in [0.4, 0.5) is 0 Å². The van der Waals surface area contributed by atoms with E-state index in [1.165, 1.54) is 5.56 Å². The molecular formula is C14H21NO2. The van der Waals surface area contributed by atoms with Gasteiger partial charge in [0, 0.05) is 26.2 Å². The van der Waals surface area contributed by atoms with E-state index in [2.05, 4.69) is 36.1 Å². The Balaban J connectivity index is 2.04. The fraction of sp³-hybridized carbons (Fsp3) is 0.571. The highest BCUT2D eigenvalue weighted by molar-refractivity contribution is 5.22. The molecule has 0 radical (unpaired) electrons. The van der Waals surface area contributed by atoms with Crippen LogP contribution < -0.4 is 0 Å². The van der Waals surface area contributed by atoms with Gasteiger partial charge in [0.15, 0.2) is 0 Å². The van der Waals surface area contributed by atoms with Gasteiger partial charge in [-0.3, -0.25) is 4.90 Å². The van der Waals surface area contributed by atoms with Crippen molar-refractivity contribution >= 4 is 0 Å². The van der Waals surface area contributed by atoms with Crippen LogP contribution in [0, 0.1) is 0 Å². The standard InChI is InChI=1S/C14H21NO2/c1-14(13-6-3-2-4-7-13)12-15(8-5-10-16)9-11-17-14/h2-4,6-7,16H,5,8-12H2,1H3. The molecule has 0 spiro atoms. The second-order valence-electron chi connectivity index (χ2n) is 4.80. The Labute approximate surface area is 103 Å². The molecular weight excluding hydrogens is 214 g/mol. The number of morpholine rings is 1. The summed E-state index contributed by atoms with van der Waals surface area (Å²) in [5.74, 6) is 0. The minimum atomic E-state index is -0.213. The lowest BCUT2D eigenvalue weighted by Gasteiger charge is -2.40. The second-order valence-corrected chi connectivity index (χ2v) is 4.80. The Hall–Kier alpha value is -0.900. The largest absolute Gasteiger partial charge is 0.396 e. The van der Waals surface area contributed by atoms with Crippen LogP contribution in [0.25, 0.3) is 0 Å². The van der Waals surface area contributed by atoms with Gasteiger partial charge in [0.2, 0.25) is 0 Å². The van der Waals surface area contributed by atoms with Gasteiger partial charge >= 0.3 is 0 Å². The average molecular weight is 235 g/mol. The molecule has 0 bridgehead atoms. The minimum Gasteiger partial charge on any atom is -0.396 e. The van der Waals surface area contributed by atoms with Crippen molar-refractivity contribution in [3.63, 3.8) is 0 Å². The van der Waals surface area contributed by atoms with Crippen LogP contribution in [-0.4, -0.2) is 42.9 Å². The predicted octanol–water partition coefficient (Wildman–Crippen LogP) is 1.62. The molecule has 1 aliphatic rings. The topological polar surface area (TPSA) is 32.7 Å². The summed E-state index contributed by atoms with van der Waals surface area (Å²) in [6, 6.07) is 10.4. The van der Waals surface area contributed by atoms with Gasteiger partial charge in [-0.05, 0) is 18.9 Å². The average Bonchev–Trinajstić information content (AvgIpc) is 2.38. The maximum Gasteiger partial charge on any atom is 0.103 e. The summed E-state index contributed by atoms with van der Waals surface area (Å²) in [5, 5.41) is 8.89. The monoisotopic (exact) mass is 235 g/mol. The summed E-state index contributed by atoms with van der Waals surface area (Å²) in [6.45, 7) is 5.98. The van der Waals surface area contributed by atoms with Crippen LogP contribution in [0.5, 0.6) is 0 Å². The van der Waals surface area contributed by atoms with Crippen LogP contribution in [0.2, 0.25) is 0 Å². The Morgan fingerprint density at radius 1 is 1.35 bits per heavy atom. The molecule has 1 N–H and O–H groups in total. The lowest BCUT2D eigenvalue weighted by atomic mass is 9.94. The molecule has 3 heteroatoms. The van der Waals surface area contributed by atoms with Gasteiger partial charge in [0.05, 0.1) is 6.61 Å². The van der Waals surface area contributed by atoms with Gasteiger partial charge in [-0.2, -0.15) is 0 Å². The molecule has 0 aliphatic carbocycles. The number of rotatable bonds is 4. The molecule has 1 saturated heterocycles. The van der Waals surface area contributed by atoms with E-state index in [4.69, 9.17) is 9.84 Å². The number of hydrogen-bond donors (Lipinski definition) is 1. The van der Waals surface area contributed by atoms with Crippen molar-refractivity contribution in [2.24, 2.45) is 0 Å². The Morgan fingerprint density at radius 2 is 2.12 bits per heavy atom. The number of ether oxygens (including phenoxy) is 1. The molecule has 1 heterocycles. The summed E-state index contributed by atoms with van der Waals surface area (Å²) < 4.78 is 5.96. The van der Waals surface area contributed by atoms with E-state index in [0.717, 1.165) is 32.7 Å². The molecule has 1 fully saturated rings. The highest BCUT2D eigenvalue weighted by Gasteiger charge is 2.33. The summed E-state index contributed by atoms with van der Waals surface area (Å²) in [4.78, 5) is 2.37. The van der Waals surface area contributed by atoms with E-state index >= 15 is 0 Å². The van der Waals surface area contributed by atoms with E-state index in [1.54, 1.807) is 0 Å². The van der Waals surface area contributed by atoms with Gasteiger partial charge in [-0.25, -0.2) is 0 Å². The Bertz CT molecular complexity index is 341. The van der Waals surface area contributed by atoms with Crippen LogP contribution in [0.15, 0.2) is 30.3 Å². The van der Waals surface area contributed by atoms with Crippen molar-refractivity contribution in [3.8, 4) is 0 Å². The van der Waals surface area contributed by atoms with Gasteiger partial charge < -0.3 is 9.84 Å². The normalized spacial score (nSPS) is 26.0. The van der Waals surface area contributed by atoms with Crippen molar-refractivity contribution in [1.29, 1.82) is 0 Å². The van der Waals surface area contributed by atoms with Crippen molar-refractivity contribution < 1.29 is 9.84 Å². The van der Waals surface area contributed by atoms with Crippen molar-refractivity contribution in [1.82, 2.24) is 4.90 Å². The Kier molecular flexibility index (Phi) is 4.15. The zero-order valence-corrected chi connectivity index (χ0v) is 10.4. The quantitative estimate of drug-likeness (QED) is 0.860. The summed E-state index contributed by atoms with van der Waals surface area (Å²) in [7, 11) is 0. The zero-order chi connectivity index (χ0) is 12.1. The third-order valence-electron chi connectivity index (χ3n) is 3.37. The minimum absolute atomic E-state index is 0.213. The molecule has 0 amide bonds. The van der Waals surface area contributed by atoms with Crippen LogP contribution >= 0.6 is 0 Å². The first-order chi connectivity index (χ1) is 8.24. The van der Waals surface area contributed by atoms with Crippen molar-refractivity contribution in [2.45, 2.75) is 18.9 Å². The number of aliphatic hydroxyl groups excluding tert-OH is 1. The van der Waals surface area contributed by atoms with E-state index in [0.29, 0.717) is 0 Å². The molecule has 2 rings (SSSR count). The van der Waals surface area contributed by atoms with E-state index in [-0.39, 0.29) is 12.2 Å². The molecule has 1 aliphatic heterocycles. The van der Waals surface area contributed by atoms with Crippen molar-refractivity contribution in [2.75, 3.05) is 32.8 Å². The lowest BCUT2D eigenvalue weighted by Crippen LogP contribution is -2.48. The molecule has 94 valence electrons. The van der Waals surface area contributed by atoms with Gasteiger partial charge in [-0.15, -0.1) is 0 Å². The number of hydrogen-bond acceptors (Lipinski definition) is 3. The number of aliphatic hydroxyl groups is 1. The van der Waals surface area contributed by atoms with Gasteiger partial charge in [0.25, 0.3) is 0 Å². The highest BCUT2D eigenvalue weighted by Crippen LogP contribution is 2.29. The third kappa shape index (κ3) is 3.06. The number of nitrogens with zero attached hydrogens (tertiary/aromatic N) is 1. The maximum atomic E-state index is 8.89. The molecule has 1 aromatic carbocycles. The molecule has 1 unspecified atom stereocenters. The van der Waals surface area contributed by atoms with Crippen LogP contribution in [-0.2, 0) is 10.3 Å². The fourth-order valence-corrected chi connectivity index (χ4v) is 2.40. The summed E-state index contributed by atoms with van der Waals surface area (Å²) in [5.41, 5.74) is 1.02. The first kappa shape index (κ1) is 12.6. The van der Waals surface area contributed by atoms with E-state index in [1.807, 2.05) is 6.07 Å². The number of benzene rings is 1. The summed E-state index contributed by atoms with van der Waals surface area (Å²) in [6.07, 6.45) is 0.838. The van der Waals surface area contributed by atoms with Crippen molar-refractivity contribution in [3.05, 3.63) is 35.9 Å². The fourth-order valence-electron chi connectivity index (χ4n) is 2.40. The molecule has 0 saturated carbocycles. The SMILES string of the molecule is CC1(c2ccccc2)CN(CCCO)CCO1. The molecule has 0 aromatic heterocycles. The van der Waals surface area contributed by atoms with Gasteiger partial charge in [-0.1, -0.05) is 30.3 Å². The van der Waals surface area contributed by atoms with E-state index < -0.39 is 0 Å².